The summed E-state index contributed by atoms with van der Waals surface area (Å²) in [5.74, 6) is -1.08. The van der Waals surface area contributed by atoms with Crippen molar-refractivity contribution in [1.29, 1.82) is 0 Å². The van der Waals surface area contributed by atoms with E-state index in [1.54, 1.807) is 29.2 Å². The molecule has 6 heteroatoms. The number of carbonyl (C=O) groups is 2. The molecule has 0 radical (unpaired) electrons. The number of carbonyl (C=O) groups excluding carboxylic acids is 2. The zero-order chi connectivity index (χ0) is 21.4. The van der Waals surface area contributed by atoms with Crippen LogP contribution in [0.4, 0.5) is 8.78 Å². The van der Waals surface area contributed by atoms with Gasteiger partial charge in [-0.25, -0.2) is 8.78 Å². The van der Waals surface area contributed by atoms with Gasteiger partial charge in [-0.2, -0.15) is 0 Å². The molecule has 0 saturated heterocycles. The predicted molar refractivity (Wildman–Crippen MR) is 113 cm³/mol. The molecule has 0 aliphatic carbocycles. The fraction of sp³-hybridized carbons (Fsp3) is 0.250. The molecule has 2 aromatic carbocycles. The van der Waals surface area contributed by atoms with Crippen LogP contribution in [0.25, 0.3) is 27.6 Å². The molecule has 0 fully saturated rings. The van der Waals surface area contributed by atoms with E-state index in [0.29, 0.717) is 46.9 Å². The van der Waals surface area contributed by atoms with Crippen molar-refractivity contribution in [3.05, 3.63) is 65.4 Å². The molecule has 0 atom stereocenters. The topological polar surface area (TPSA) is 53.2 Å². The summed E-state index contributed by atoms with van der Waals surface area (Å²) in [7, 11) is 0. The Bertz CT molecular complexity index is 1180. The number of hydrogen-bond donors (Lipinski definition) is 1. The summed E-state index contributed by atoms with van der Waals surface area (Å²) in [5.41, 5.74) is 2.17. The minimum absolute atomic E-state index is 0.0135. The second kappa shape index (κ2) is 7.86. The van der Waals surface area contributed by atoms with Gasteiger partial charge in [-0.3, -0.25) is 9.59 Å². The van der Waals surface area contributed by atoms with Gasteiger partial charge in [-0.1, -0.05) is 38.1 Å². The molecule has 0 bridgehead atoms. The van der Waals surface area contributed by atoms with E-state index >= 15 is 4.39 Å². The van der Waals surface area contributed by atoms with E-state index in [0.717, 1.165) is 0 Å². The number of aromatic nitrogens is 1. The smallest absolute Gasteiger partial charge is 0.225 e. The SMILES string of the molecule is CC(C)C(=O)N1CCC=C(c2cc(-c3ccccc3F)c3cc(C=O)[nH]c3c2F)C1. The van der Waals surface area contributed by atoms with Crippen LogP contribution < -0.4 is 0 Å². The third-order valence-corrected chi connectivity index (χ3v) is 5.47. The quantitative estimate of drug-likeness (QED) is 0.604. The first-order chi connectivity index (χ1) is 14.4. The van der Waals surface area contributed by atoms with Gasteiger partial charge in [-0.15, -0.1) is 0 Å². The number of nitrogens with zero attached hydrogens (tertiary/aromatic N) is 1. The molecule has 4 rings (SSSR count). The van der Waals surface area contributed by atoms with Gasteiger partial charge in [0.05, 0.1) is 11.2 Å². The predicted octanol–water partition coefficient (Wildman–Crippen LogP) is 5.20. The van der Waals surface area contributed by atoms with Crippen molar-refractivity contribution in [3.8, 4) is 11.1 Å². The maximum Gasteiger partial charge on any atom is 0.225 e. The van der Waals surface area contributed by atoms with Crippen molar-refractivity contribution in [1.82, 2.24) is 9.88 Å². The van der Waals surface area contributed by atoms with Gasteiger partial charge in [0, 0.05) is 35.5 Å². The van der Waals surface area contributed by atoms with E-state index < -0.39 is 11.6 Å². The number of benzene rings is 2. The van der Waals surface area contributed by atoms with E-state index in [1.807, 2.05) is 19.9 Å². The third-order valence-electron chi connectivity index (χ3n) is 5.47. The minimum Gasteiger partial charge on any atom is -0.350 e. The van der Waals surface area contributed by atoms with Gasteiger partial charge in [0.1, 0.15) is 5.82 Å². The van der Waals surface area contributed by atoms with Gasteiger partial charge < -0.3 is 9.88 Å². The number of nitrogens with one attached hydrogen (secondary N) is 1. The summed E-state index contributed by atoms with van der Waals surface area (Å²) in [6.07, 6.45) is 3.14. The lowest BCUT2D eigenvalue weighted by Gasteiger charge is -2.29. The van der Waals surface area contributed by atoms with Gasteiger partial charge in [0.25, 0.3) is 0 Å². The Kier molecular flexibility index (Phi) is 5.24. The molecule has 3 aromatic rings. The Balaban J connectivity index is 1.90. The lowest BCUT2D eigenvalue weighted by Crippen LogP contribution is -2.38. The Morgan fingerprint density at radius 1 is 1.13 bits per heavy atom. The molecule has 1 amide bonds. The van der Waals surface area contributed by atoms with Gasteiger partial charge in [-0.05, 0) is 35.8 Å². The summed E-state index contributed by atoms with van der Waals surface area (Å²) in [4.78, 5) is 28.3. The summed E-state index contributed by atoms with van der Waals surface area (Å²) in [6, 6.07) is 9.43. The number of aldehydes is 1. The standard InChI is InChI=1S/C24H22F2N2O2/c1-14(2)24(30)28-9-5-6-15(12-28)18-11-19(17-7-3-4-8-21(17)25)20-10-16(13-29)27-23(20)22(18)26/h3-4,6-8,10-11,13-14,27H,5,9,12H2,1-2H3. The van der Waals surface area contributed by atoms with E-state index in [1.165, 1.54) is 12.1 Å². The summed E-state index contributed by atoms with van der Waals surface area (Å²) >= 11 is 0. The highest BCUT2D eigenvalue weighted by atomic mass is 19.1. The Morgan fingerprint density at radius 3 is 2.60 bits per heavy atom. The molecule has 1 N–H and O–H groups in total. The summed E-state index contributed by atoms with van der Waals surface area (Å²) < 4.78 is 30.1. The monoisotopic (exact) mass is 408 g/mol. The highest BCUT2D eigenvalue weighted by Crippen LogP contribution is 2.37. The number of rotatable bonds is 4. The zero-order valence-electron chi connectivity index (χ0n) is 16.8. The number of hydrogen-bond acceptors (Lipinski definition) is 2. The Labute approximate surface area is 173 Å². The van der Waals surface area contributed by atoms with Crippen LogP contribution in [0.5, 0.6) is 0 Å². The van der Waals surface area contributed by atoms with Crippen LogP contribution in [0.1, 0.15) is 36.3 Å². The highest BCUT2D eigenvalue weighted by Gasteiger charge is 2.25. The van der Waals surface area contributed by atoms with Crippen LogP contribution in [0.15, 0.2) is 42.5 Å². The molecule has 2 heterocycles. The zero-order valence-corrected chi connectivity index (χ0v) is 16.8. The lowest BCUT2D eigenvalue weighted by atomic mass is 9.93. The van der Waals surface area contributed by atoms with E-state index in [-0.39, 0.29) is 29.6 Å². The van der Waals surface area contributed by atoms with Crippen molar-refractivity contribution in [2.75, 3.05) is 13.1 Å². The van der Waals surface area contributed by atoms with E-state index in [2.05, 4.69) is 4.98 Å². The number of aromatic amines is 1. The molecule has 154 valence electrons. The van der Waals surface area contributed by atoms with Crippen LogP contribution in [-0.4, -0.2) is 35.2 Å². The average molecular weight is 408 g/mol. The highest BCUT2D eigenvalue weighted by molar-refractivity contribution is 6.01. The fourth-order valence-electron chi connectivity index (χ4n) is 3.97. The Hall–Kier alpha value is -3.28. The Morgan fingerprint density at radius 2 is 1.90 bits per heavy atom. The van der Waals surface area contributed by atoms with E-state index in [4.69, 9.17) is 0 Å². The second-order valence-corrected chi connectivity index (χ2v) is 7.83. The van der Waals surface area contributed by atoms with Crippen molar-refractivity contribution < 1.29 is 18.4 Å². The summed E-state index contributed by atoms with van der Waals surface area (Å²) in [5, 5.41) is 0.440. The molecule has 0 unspecified atom stereocenters. The van der Waals surface area contributed by atoms with Crippen LogP contribution in [-0.2, 0) is 4.79 Å². The van der Waals surface area contributed by atoms with E-state index in [9.17, 15) is 14.0 Å². The minimum atomic E-state index is -0.511. The van der Waals surface area contributed by atoms with Crippen LogP contribution in [0.2, 0.25) is 0 Å². The number of amides is 1. The first-order valence-electron chi connectivity index (χ1n) is 9.94. The number of fused-ring (bicyclic) bond motifs is 1. The molecule has 0 saturated carbocycles. The largest absolute Gasteiger partial charge is 0.350 e. The molecule has 1 aliphatic rings. The second-order valence-electron chi connectivity index (χ2n) is 7.83. The number of H-pyrrole nitrogens is 1. The van der Waals surface area contributed by atoms with Gasteiger partial charge >= 0.3 is 0 Å². The fourth-order valence-corrected chi connectivity index (χ4v) is 3.97. The first-order valence-corrected chi connectivity index (χ1v) is 9.94. The van der Waals surface area contributed by atoms with Crippen molar-refractivity contribution in [2.45, 2.75) is 20.3 Å². The van der Waals surface area contributed by atoms with Gasteiger partial charge in [0.15, 0.2) is 12.1 Å². The maximum absolute atomic E-state index is 15.5. The van der Waals surface area contributed by atoms with Crippen LogP contribution in [0, 0.1) is 17.6 Å². The molecule has 0 spiro atoms. The maximum atomic E-state index is 15.5. The van der Waals surface area contributed by atoms with Crippen molar-refractivity contribution >= 4 is 28.7 Å². The average Bonchev–Trinajstić information content (AvgIpc) is 3.19. The molecular weight excluding hydrogens is 386 g/mol. The normalized spacial score (nSPS) is 14.3. The number of halogens is 2. The lowest BCUT2D eigenvalue weighted by molar-refractivity contribution is -0.133. The summed E-state index contributed by atoms with van der Waals surface area (Å²) in [6.45, 7) is 4.55. The molecule has 1 aliphatic heterocycles. The molecule has 30 heavy (non-hydrogen) atoms. The van der Waals surface area contributed by atoms with Gasteiger partial charge in [0.2, 0.25) is 5.91 Å². The van der Waals surface area contributed by atoms with Crippen LogP contribution in [0.3, 0.4) is 0 Å². The van der Waals surface area contributed by atoms with Crippen molar-refractivity contribution in [2.24, 2.45) is 5.92 Å². The molecule has 1 aromatic heterocycles. The third kappa shape index (κ3) is 3.43. The van der Waals surface area contributed by atoms with Crippen LogP contribution >= 0.6 is 0 Å². The first kappa shape index (κ1) is 20.0. The molecule has 4 nitrogen and oxygen atoms in total. The van der Waals surface area contributed by atoms with Crippen molar-refractivity contribution in [3.63, 3.8) is 0 Å². The molecular formula is C24H22F2N2O2.